The summed E-state index contributed by atoms with van der Waals surface area (Å²) >= 11 is 0. The summed E-state index contributed by atoms with van der Waals surface area (Å²) in [6, 6.07) is 9.24. The molecule has 0 N–H and O–H groups in total. The van der Waals surface area contributed by atoms with Crippen molar-refractivity contribution in [1.82, 2.24) is 0 Å². The quantitative estimate of drug-likeness (QED) is 0.731. The maximum Gasteiger partial charge on any atom is 0.454 e. The van der Waals surface area contributed by atoms with Gasteiger partial charge >= 0.3 is 6.18 Å². The Labute approximate surface area is 132 Å². The smallest absolute Gasteiger partial charge is 0.454 e. The Kier molecular flexibility index (Phi) is 4.78. The number of aryl methyl sites for hydroxylation is 2. The van der Waals surface area contributed by atoms with E-state index in [9.17, 15) is 18.0 Å². The van der Waals surface area contributed by atoms with E-state index >= 15 is 0 Å². The number of alkyl halides is 3. The van der Waals surface area contributed by atoms with Crippen molar-refractivity contribution >= 4 is 5.78 Å². The van der Waals surface area contributed by atoms with Crippen LogP contribution in [0.5, 0.6) is 5.75 Å². The first-order chi connectivity index (χ1) is 10.8. The summed E-state index contributed by atoms with van der Waals surface area (Å²) in [6.07, 6.45) is -4.90. The van der Waals surface area contributed by atoms with E-state index in [1.54, 1.807) is 18.2 Å². The van der Waals surface area contributed by atoms with Gasteiger partial charge in [0.15, 0.2) is 0 Å². The van der Waals surface area contributed by atoms with Crippen LogP contribution in [0.3, 0.4) is 0 Å². The van der Waals surface area contributed by atoms with Crippen molar-refractivity contribution in [3.63, 3.8) is 0 Å². The molecule has 0 heterocycles. The highest BCUT2D eigenvalue weighted by Gasteiger charge is 2.40. The molecule has 0 atom stereocenters. The topological polar surface area (TPSA) is 26.3 Å². The van der Waals surface area contributed by atoms with Crippen LogP contribution >= 0.6 is 0 Å². The van der Waals surface area contributed by atoms with Gasteiger partial charge in [0, 0.05) is 5.56 Å². The molecule has 0 fully saturated rings. The number of benzene rings is 2. The molecule has 0 aliphatic carbocycles. The van der Waals surface area contributed by atoms with E-state index in [-0.39, 0.29) is 11.1 Å². The van der Waals surface area contributed by atoms with Crippen LogP contribution in [0.25, 0.3) is 11.1 Å². The first-order valence-corrected chi connectivity index (χ1v) is 7.20. The third kappa shape index (κ3) is 3.55. The average molecular weight is 322 g/mol. The first-order valence-electron chi connectivity index (χ1n) is 7.20. The Bertz CT molecular complexity index is 710. The minimum atomic E-state index is -4.90. The number of hydrogen-bond acceptors (Lipinski definition) is 2. The minimum absolute atomic E-state index is 0.268. The van der Waals surface area contributed by atoms with Gasteiger partial charge in [0.2, 0.25) is 0 Å². The molecule has 0 saturated carbocycles. The minimum Gasteiger partial charge on any atom is -0.493 e. The number of ketones is 1. The molecule has 0 amide bonds. The van der Waals surface area contributed by atoms with Crippen molar-refractivity contribution < 1.29 is 22.7 Å². The number of carbonyl (C=O) groups is 1. The fraction of sp³-hybridized carbons (Fsp3) is 0.278. The van der Waals surface area contributed by atoms with Crippen molar-refractivity contribution in [2.45, 2.75) is 26.9 Å². The fourth-order valence-corrected chi connectivity index (χ4v) is 2.56. The van der Waals surface area contributed by atoms with Gasteiger partial charge in [0.1, 0.15) is 5.75 Å². The SMILES string of the molecule is CCOc1c(C)cc(-c2ccccc2C(=O)C(F)(F)F)cc1C. The normalized spacial score (nSPS) is 11.4. The molecule has 5 heteroatoms. The Balaban J connectivity index is 2.58. The van der Waals surface area contributed by atoms with Crippen molar-refractivity contribution in [1.29, 1.82) is 0 Å². The lowest BCUT2D eigenvalue weighted by Crippen LogP contribution is -2.23. The molecule has 2 aromatic rings. The summed E-state index contributed by atoms with van der Waals surface area (Å²) in [5.41, 5.74) is 2.12. The number of hydrogen-bond donors (Lipinski definition) is 0. The van der Waals surface area contributed by atoms with Crippen molar-refractivity contribution in [3.8, 4) is 16.9 Å². The summed E-state index contributed by atoms with van der Waals surface area (Å²) < 4.78 is 43.9. The lowest BCUT2D eigenvalue weighted by Gasteiger charge is -2.15. The van der Waals surface area contributed by atoms with E-state index in [4.69, 9.17) is 4.74 Å². The third-order valence-corrected chi connectivity index (χ3v) is 3.49. The largest absolute Gasteiger partial charge is 0.493 e. The Morgan fingerprint density at radius 1 is 1.09 bits per heavy atom. The number of rotatable bonds is 4. The molecule has 2 rings (SSSR count). The standard InChI is InChI=1S/C18H17F3O2/c1-4-23-16-11(2)9-13(10-12(16)3)14-7-5-6-8-15(14)17(22)18(19,20)21/h5-10H,4H2,1-3H3. The second-order valence-corrected chi connectivity index (χ2v) is 5.24. The summed E-state index contributed by atoms with van der Waals surface area (Å²) in [4.78, 5) is 11.6. The number of halogens is 3. The highest BCUT2D eigenvalue weighted by molar-refractivity contribution is 6.05. The van der Waals surface area contributed by atoms with Crippen molar-refractivity contribution in [2.75, 3.05) is 6.61 Å². The van der Waals surface area contributed by atoms with Crippen LogP contribution in [0.4, 0.5) is 13.2 Å². The highest BCUT2D eigenvalue weighted by atomic mass is 19.4. The van der Waals surface area contributed by atoms with Crippen molar-refractivity contribution in [3.05, 3.63) is 53.1 Å². The maximum atomic E-state index is 12.8. The third-order valence-electron chi connectivity index (χ3n) is 3.49. The predicted molar refractivity (Wildman–Crippen MR) is 82.9 cm³/mol. The van der Waals surface area contributed by atoms with Gasteiger partial charge in [-0.1, -0.05) is 24.3 Å². The van der Waals surface area contributed by atoms with Gasteiger partial charge in [-0.05, 0) is 55.2 Å². The Morgan fingerprint density at radius 3 is 2.17 bits per heavy atom. The van der Waals surface area contributed by atoms with E-state index in [2.05, 4.69) is 0 Å². The molecule has 0 saturated heterocycles. The summed E-state index contributed by atoms with van der Waals surface area (Å²) in [5, 5.41) is 0. The second kappa shape index (κ2) is 6.44. The van der Waals surface area contributed by atoms with E-state index in [1.165, 1.54) is 18.2 Å². The molecule has 0 radical (unpaired) electrons. The molecular formula is C18H17F3O2. The van der Waals surface area contributed by atoms with Crippen LogP contribution < -0.4 is 4.74 Å². The first kappa shape index (κ1) is 17.1. The van der Waals surface area contributed by atoms with Crippen molar-refractivity contribution in [2.24, 2.45) is 0 Å². The molecule has 122 valence electrons. The van der Waals surface area contributed by atoms with E-state index in [0.717, 1.165) is 16.9 Å². The number of Topliss-reactive ketones (excluding diaryl/α,β-unsaturated/α-hetero) is 1. The summed E-state index contributed by atoms with van der Waals surface area (Å²) in [6.45, 7) is 6.03. The van der Waals surface area contributed by atoms with Crippen LogP contribution in [-0.4, -0.2) is 18.6 Å². The molecule has 0 aliphatic rings. The molecule has 2 nitrogen and oxygen atoms in total. The molecule has 2 aromatic carbocycles. The van der Waals surface area contributed by atoms with Gasteiger partial charge in [-0.2, -0.15) is 13.2 Å². The zero-order chi connectivity index (χ0) is 17.2. The van der Waals surface area contributed by atoms with E-state index < -0.39 is 12.0 Å². The average Bonchev–Trinajstić information content (AvgIpc) is 2.49. The zero-order valence-corrected chi connectivity index (χ0v) is 13.1. The second-order valence-electron chi connectivity index (χ2n) is 5.24. The van der Waals surface area contributed by atoms with Crippen LogP contribution in [-0.2, 0) is 0 Å². The van der Waals surface area contributed by atoms with Gasteiger partial charge < -0.3 is 4.74 Å². The maximum absolute atomic E-state index is 12.8. The van der Waals surface area contributed by atoms with Gasteiger partial charge in [0.25, 0.3) is 5.78 Å². The molecule has 0 unspecified atom stereocenters. The zero-order valence-electron chi connectivity index (χ0n) is 13.1. The van der Waals surface area contributed by atoms with Gasteiger partial charge in [0.05, 0.1) is 6.61 Å². The molecule has 0 aliphatic heterocycles. The van der Waals surface area contributed by atoms with Crippen LogP contribution in [0, 0.1) is 13.8 Å². The lowest BCUT2D eigenvalue weighted by molar-refractivity contribution is -0.0884. The van der Waals surface area contributed by atoms with Crippen LogP contribution in [0.1, 0.15) is 28.4 Å². The Morgan fingerprint density at radius 2 is 1.65 bits per heavy atom. The summed E-state index contributed by atoms with van der Waals surface area (Å²) in [5.74, 6) is -1.12. The number of ether oxygens (including phenoxy) is 1. The fourth-order valence-electron chi connectivity index (χ4n) is 2.56. The Hall–Kier alpha value is -2.30. The van der Waals surface area contributed by atoms with Crippen LogP contribution in [0.15, 0.2) is 36.4 Å². The summed E-state index contributed by atoms with van der Waals surface area (Å²) in [7, 11) is 0. The van der Waals surface area contributed by atoms with Gasteiger partial charge in [-0.3, -0.25) is 4.79 Å². The van der Waals surface area contributed by atoms with E-state index in [0.29, 0.717) is 12.2 Å². The highest BCUT2D eigenvalue weighted by Crippen LogP contribution is 2.34. The van der Waals surface area contributed by atoms with E-state index in [1.807, 2.05) is 20.8 Å². The number of carbonyl (C=O) groups excluding carboxylic acids is 1. The molecule has 23 heavy (non-hydrogen) atoms. The lowest BCUT2D eigenvalue weighted by atomic mass is 9.94. The van der Waals surface area contributed by atoms with Crippen LogP contribution in [0.2, 0.25) is 0 Å². The molecule has 0 spiro atoms. The molecule has 0 aromatic heterocycles. The monoisotopic (exact) mass is 322 g/mol. The molecule has 0 bridgehead atoms. The van der Waals surface area contributed by atoms with Gasteiger partial charge in [-0.15, -0.1) is 0 Å². The predicted octanol–water partition coefficient (Wildman–Crippen LogP) is 5.11. The van der Waals surface area contributed by atoms with Gasteiger partial charge in [-0.25, -0.2) is 0 Å². The molecular weight excluding hydrogens is 305 g/mol.